The minimum Gasteiger partial charge on any atom is -0.370 e. The van der Waals surface area contributed by atoms with Crippen molar-refractivity contribution in [1.29, 1.82) is 0 Å². The summed E-state index contributed by atoms with van der Waals surface area (Å²) in [6.45, 7) is 5.12. The molecule has 0 saturated carbocycles. The molecule has 22 heavy (non-hydrogen) atoms. The van der Waals surface area contributed by atoms with Gasteiger partial charge < -0.3 is 10.6 Å². The fraction of sp³-hybridized carbons (Fsp3) is 0.333. The number of nitrogens with zero attached hydrogens (tertiary/aromatic N) is 1. The second-order valence-corrected chi connectivity index (χ2v) is 5.18. The molecule has 0 bridgehead atoms. The van der Waals surface area contributed by atoms with Gasteiger partial charge >= 0.3 is 0 Å². The lowest BCUT2D eigenvalue weighted by atomic mass is 10.1. The van der Waals surface area contributed by atoms with Crippen LogP contribution in [0.15, 0.2) is 42.6 Å². The first kappa shape index (κ1) is 16.0. The molecule has 2 rings (SSSR count). The van der Waals surface area contributed by atoms with Crippen LogP contribution in [0.3, 0.4) is 0 Å². The van der Waals surface area contributed by atoms with E-state index in [-0.39, 0.29) is 5.91 Å². The first-order valence-corrected chi connectivity index (χ1v) is 7.83. The summed E-state index contributed by atoms with van der Waals surface area (Å²) in [5, 5.41) is 6.19. The van der Waals surface area contributed by atoms with Crippen molar-refractivity contribution in [3.63, 3.8) is 0 Å². The number of anilines is 2. The van der Waals surface area contributed by atoms with E-state index in [0.717, 1.165) is 42.9 Å². The number of pyridine rings is 1. The van der Waals surface area contributed by atoms with Crippen molar-refractivity contribution < 1.29 is 4.79 Å². The molecule has 0 aliphatic carbocycles. The Hall–Kier alpha value is -2.36. The van der Waals surface area contributed by atoms with Gasteiger partial charge in [0.25, 0.3) is 5.91 Å². The number of amides is 1. The molecular formula is C18H23N3O. The smallest absolute Gasteiger partial charge is 0.257 e. The Morgan fingerprint density at radius 2 is 1.95 bits per heavy atom. The number of para-hydroxylation sites is 1. The van der Waals surface area contributed by atoms with Gasteiger partial charge in [-0.05, 0) is 36.6 Å². The maximum atomic E-state index is 12.3. The van der Waals surface area contributed by atoms with Crippen LogP contribution in [0.4, 0.5) is 11.5 Å². The molecule has 0 unspecified atom stereocenters. The van der Waals surface area contributed by atoms with Gasteiger partial charge in [0.05, 0.1) is 5.56 Å². The third-order valence-corrected chi connectivity index (χ3v) is 3.51. The first-order chi connectivity index (χ1) is 10.7. The maximum absolute atomic E-state index is 12.3. The van der Waals surface area contributed by atoms with E-state index in [1.165, 1.54) is 0 Å². The molecule has 0 aliphatic heterocycles. The van der Waals surface area contributed by atoms with Gasteiger partial charge in [0.15, 0.2) is 0 Å². The van der Waals surface area contributed by atoms with Crippen molar-refractivity contribution in [3.8, 4) is 0 Å². The van der Waals surface area contributed by atoms with Crippen molar-refractivity contribution in [1.82, 2.24) is 4.98 Å². The minimum atomic E-state index is -0.131. The van der Waals surface area contributed by atoms with Gasteiger partial charge in [-0.15, -0.1) is 0 Å². The lowest BCUT2D eigenvalue weighted by Gasteiger charge is -2.10. The predicted octanol–water partition coefficient (Wildman–Crippen LogP) is 4.11. The molecule has 0 aliphatic rings. The molecule has 1 heterocycles. The summed E-state index contributed by atoms with van der Waals surface area (Å²) in [6.07, 6.45) is 4.75. The summed E-state index contributed by atoms with van der Waals surface area (Å²) in [4.78, 5) is 16.6. The molecule has 0 atom stereocenters. The number of hydrogen-bond donors (Lipinski definition) is 2. The quantitative estimate of drug-likeness (QED) is 0.756. The molecule has 2 aromatic rings. The molecule has 0 radical (unpaired) electrons. The number of nitrogens with one attached hydrogen (secondary N) is 2. The van der Waals surface area contributed by atoms with Crippen LogP contribution in [-0.2, 0) is 6.42 Å². The summed E-state index contributed by atoms with van der Waals surface area (Å²) in [5.74, 6) is 0.674. The summed E-state index contributed by atoms with van der Waals surface area (Å²) >= 11 is 0. The largest absolute Gasteiger partial charge is 0.370 e. The fourth-order valence-corrected chi connectivity index (χ4v) is 2.17. The van der Waals surface area contributed by atoms with Gasteiger partial charge in [-0.1, -0.05) is 38.5 Å². The highest BCUT2D eigenvalue weighted by atomic mass is 16.1. The number of carbonyl (C=O) groups excluding carboxylic acids is 1. The average Bonchev–Trinajstić information content (AvgIpc) is 2.56. The van der Waals surface area contributed by atoms with E-state index in [4.69, 9.17) is 0 Å². The van der Waals surface area contributed by atoms with Crippen LogP contribution in [-0.4, -0.2) is 17.4 Å². The number of unbranched alkanes of at least 4 members (excludes halogenated alkanes) is 1. The predicted molar refractivity (Wildman–Crippen MR) is 91.4 cm³/mol. The molecule has 2 N–H and O–H groups in total. The standard InChI is InChI=1S/C18H23N3O/c1-3-5-12-19-17-11-10-15(13-20-17)18(22)21-16-9-7-6-8-14(16)4-2/h6-11,13H,3-5,12H2,1-2H3,(H,19,20)(H,21,22). The topological polar surface area (TPSA) is 54.0 Å². The van der Waals surface area contributed by atoms with Crippen LogP contribution in [0.25, 0.3) is 0 Å². The van der Waals surface area contributed by atoms with Crippen molar-refractivity contribution in [2.75, 3.05) is 17.2 Å². The van der Waals surface area contributed by atoms with E-state index in [1.807, 2.05) is 30.3 Å². The van der Waals surface area contributed by atoms with Crippen LogP contribution >= 0.6 is 0 Å². The van der Waals surface area contributed by atoms with E-state index in [0.29, 0.717) is 5.56 Å². The molecule has 4 nitrogen and oxygen atoms in total. The second kappa shape index (κ2) is 8.17. The van der Waals surface area contributed by atoms with Gasteiger partial charge in [-0.3, -0.25) is 4.79 Å². The molecule has 116 valence electrons. The summed E-state index contributed by atoms with van der Waals surface area (Å²) in [5.41, 5.74) is 2.55. The van der Waals surface area contributed by atoms with E-state index in [9.17, 15) is 4.79 Å². The Kier molecular flexibility index (Phi) is 5.95. The van der Waals surface area contributed by atoms with Crippen LogP contribution in [0.2, 0.25) is 0 Å². The summed E-state index contributed by atoms with van der Waals surface area (Å²) in [7, 11) is 0. The Morgan fingerprint density at radius 1 is 1.14 bits per heavy atom. The number of hydrogen-bond acceptors (Lipinski definition) is 3. The number of carbonyl (C=O) groups is 1. The molecule has 1 aromatic carbocycles. The fourth-order valence-electron chi connectivity index (χ4n) is 2.17. The maximum Gasteiger partial charge on any atom is 0.257 e. The number of benzene rings is 1. The number of rotatable bonds is 7. The zero-order valence-corrected chi connectivity index (χ0v) is 13.2. The van der Waals surface area contributed by atoms with Crippen molar-refractivity contribution >= 4 is 17.4 Å². The molecule has 0 spiro atoms. The Labute approximate surface area is 132 Å². The van der Waals surface area contributed by atoms with Gasteiger partial charge in [0.2, 0.25) is 0 Å². The Bertz CT molecular complexity index is 608. The molecule has 0 saturated heterocycles. The number of aryl methyl sites for hydroxylation is 1. The minimum absolute atomic E-state index is 0.131. The van der Waals surface area contributed by atoms with Gasteiger partial charge in [-0.2, -0.15) is 0 Å². The SMILES string of the molecule is CCCCNc1ccc(C(=O)Nc2ccccc2CC)cn1. The van der Waals surface area contributed by atoms with Crippen LogP contribution in [0.1, 0.15) is 42.6 Å². The molecule has 1 amide bonds. The van der Waals surface area contributed by atoms with E-state index in [2.05, 4.69) is 29.5 Å². The van der Waals surface area contributed by atoms with Crippen LogP contribution in [0, 0.1) is 0 Å². The normalized spacial score (nSPS) is 10.3. The average molecular weight is 297 g/mol. The molecule has 1 aromatic heterocycles. The van der Waals surface area contributed by atoms with E-state index in [1.54, 1.807) is 12.3 Å². The highest BCUT2D eigenvalue weighted by molar-refractivity contribution is 6.04. The van der Waals surface area contributed by atoms with E-state index >= 15 is 0 Å². The van der Waals surface area contributed by atoms with Gasteiger partial charge in [-0.25, -0.2) is 4.98 Å². The zero-order valence-electron chi connectivity index (χ0n) is 13.2. The highest BCUT2D eigenvalue weighted by Crippen LogP contribution is 2.16. The number of aromatic nitrogens is 1. The Morgan fingerprint density at radius 3 is 2.64 bits per heavy atom. The lowest BCUT2D eigenvalue weighted by molar-refractivity contribution is 0.102. The zero-order chi connectivity index (χ0) is 15.8. The second-order valence-electron chi connectivity index (χ2n) is 5.18. The highest BCUT2D eigenvalue weighted by Gasteiger charge is 2.08. The third-order valence-electron chi connectivity index (χ3n) is 3.51. The van der Waals surface area contributed by atoms with Crippen molar-refractivity contribution in [3.05, 3.63) is 53.7 Å². The van der Waals surface area contributed by atoms with E-state index < -0.39 is 0 Å². The lowest BCUT2D eigenvalue weighted by Crippen LogP contribution is -2.14. The molecule has 4 heteroatoms. The first-order valence-electron chi connectivity index (χ1n) is 7.83. The monoisotopic (exact) mass is 297 g/mol. The van der Waals surface area contributed by atoms with Crippen molar-refractivity contribution in [2.24, 2.45) is 0 Å². The van der Waals surface area contributed by atoms with Crippen LogP contribution < -0.4 is 10.6 Å². The summed E-state index contributed by atoms with van der Waals surface area (Å²) < 4.78 is 0. The van der Waals surface area contributed by atoms with Gasteiger partial charge in [0.1, 0.15) is 5.82 Å². The molecular weight excluding hydrogens is 274 g/mol. The van der Waals surface area contributed by atoms with Crippen LogP contribution in [0.5, 0.6) is 0 Å². The molecule has 0 fully saturated rings. The van der Waals surface area contributed by atoms with Gasteiger partial charge in [0, 0.05) is 18.4 Å². The van der Waals surface area contributed by atoms with Crippen molar-refractivity contribution in [2.45, 2.75) is 33.1 Å². The Balaban J connectivity index is 2.00. The summed E-state index contributed by atoms with van der Waals surface area (Å²) in [6, 6.07) is 11.5. The third kappa shape index (κ3) is 4.32.